The van der Waals surface area contributed by atoms with Crippen molar-refractivity contribution in [2.24, 2.45) is 17.3 Å². The SMILES string of the molecule is CC(C)(C)[Si](C)(C)O[C@H]1C[C@H](F)C(=CC[C@@H](O[Si](C)(C)C(C)(C)C)C2Cc3ccccc3C2)[C@H]1CC=CCCCC(=O)OCC(CO)(CO)CO. The Morgan fingerprint density at radius 1 is 0.922 bits per heavy atom. The number of carbonyl (C=O) groups excluding carboxylic acids is 1. The number of halogens is 1. The fraction of sp³-hybridized carbons (Fsp3) is 0.732. The van der Waals surface area contributed by atoms with Crippen LogP contribution < -0.4 is 0 Å². The molecule has 0 heterocycles. The standard InChI is InChI=1S/C41H69FO7Si2/c1-39(2,3)50(7,8)48-36(32-23-30-17-15-16-18-31(30)24-32)22-21-33-34(37(25-35(33)42)49-51(9,10)40(4,5)6)19-13-11-12-14-20-38(46)47-29-41(26-43,27-44)28-45/h11,13,15-18,21,32,34-37,43-45H,12,14,19-20,22-29H2,1-10H3/t34-,35+,36-,37+/m1/s1. The number of hydrogen-bond donors (Lipinski definition) is 3. The van der Waals surface area contributed by atoms with Crippen LogP contribution in [-0.4, -0.2) is 82.7 Å². The van der Waals surface area contributed by atoms with Gasteiger partial charge in [0.15, 0.2) is 16.6 Å². The van der Waals surface area contributed by atoms with Gasteiger partial charge in [0.25, 0.3) is 0 Å². The molecule has 2 aliphatic rings. The Morgan fingerprint density at radius 2 is 1.49 bits per heavy atom. The van der Waals surface area contributed by atoms with E-state index in [1.54, 1.807) is 0 Å². The number of fused-ring (bicyclic) bond motifs is 1. The molecule has 0 spiro atoms. The van der Waals surface area contributed by atoms with Gasteiger partial charge < -0.3 is 28.9 Å². The quantitative estimate of drug-likeness (QED) is 0.0599. The highest BCUT2D eigenvalue weighted by molar-refractivity contribution is 6.74. The van der Waals surface area contributed by atoms with Crippen LogP contribution in [0.3, 0.4) is 0 Å². The van der Waals surface area contributed by atoms with Crippen molar-refractivity contribution in [2.45, 2.75) is 148 Å². The molecule has 1 aromatic carbocycles. The van der Waals surface area contributed by atoms with Crippen molar-refractivity contribution in [3.8, 4) is 0 Å². The number of benzene rings is 1. The largest absolute Gasteiger partial charge is 0.465 e. The average Bonchev–Trinajstić information content (AvgIpc) is 3.60. The zero-order valence-corrected chi connectivity index (χ0v) is 35.3. The molecule has 10 heteroatoms. The minimum absolute atomic E-state index is 0.00501. The first-order chi connectivity index (χ1) is 23.7. The highest BCUT2D eigenvalue weighted by atomic mass is 28.4. The van der Waals surface area contributed by atoms with Gasteiger partial charge in [-0.05, 0) is 97.4 Å². The van der Waals surface area contributed by atoms with Crippen LogP contribution in [0.1, 0.15) is 91.2 Å². The molecule has 290 valence electrons. The van der Waals surface area contributed by atoms with Crippen molar-refractivity contribution < 1.29 is 38.1 Å². The van der Waals surface area contributed by atoms with Gasteiger partial charge in [0.1, 0.15) is 12.8 Å². The summed E-state index contributed by atoms with van der Waals surface area (Å²) in [5.74, 6) is -0.162. The number of ether oxygens (including phenoxy) is 1. The van der Waals surface area contributed by atoms with E-state index in [-0.39, 0.29) is 41.2 Å². The molecule has 0 aliphatic heterocycles. The van der Waals surface area contributed by atoms with E-state index in [9.17, 15) is 20.1 Å². The first-order valence-electron chi connectivity index (χ1n) is 19.1. The Bertz CT molecular complexity index is 1290. The van der Waals surface area contributed by atoms with Crippen LogP contribution in [0.4, 0.5) is 4.39 Å². The Morgan fingerprint density at radius 3 is 2.02 bits per heavy atom. The third kappa shape index (κ3) is 11.7. The van der Waals surface area contributed by atoms with Gasteiger partial charge in [-0.25, -0.2) is 4.39 Å². The highest BCUT2D eigenvalue weighted by Gasteiger charge is 2.46. The lowest BCUT2D eigenvalue weighted by atomic mass is 9.92. The van der Waals surface area contributed by atoms with Crippen LogP contribution in [-0.2, 0) is 31.2 Å². The number of esters is 1. The molecule has 2 aliphatic carbocycles. The minimum Gasteiger partial charge on any atom is -0.465 e. The predicted octanol–water partition coefficient (Wildman–Crippen LogP) is 8.48. The van der Waals surface area contributed by atoms with E-state index in [4.69, 9.17) is 13.6 Å². The van der Waals surface area contributed by atoms with E-state index < -0.39 is 54.0 Å². The molecule has 1 fully saturated rings. The highest BCUT2D eigenvalue weighted by Crippen LogP contribution is 2.46. The topological polar surface area (TPSA) is 105 Å². The second kappa shape index (κ2) is 18.1. The number of hydrogen-bond acceptors (Lipinski definition) is 7. The van der Waals surface area contributed by atoms with Crippen LogP contribution in [0, 0.1) is 17.3 Å². The summed E-state index contributed by atoms with van der Waals surface area (Å²) in [4.78, 5) is 12.3. The molecule has 0 amide bonds. The Hall–Kier alpha value is -1.67. The van der Waals surface area contributed by atoms with E-state index in [2.05, 4.69) is 110 Å². The van der Waals surface area contributed by atoms with Gasteiger partial charge in [0.05, 0.1) is 37.4 Å². The Balaban J connectivity index is 1.77. The predicted molar refractivity (Wildman–Crippen MR) is 209 cm³/mol. The van der Waals surface area contributed by atoms with Crippen molar-refractivity contribution in [1.82, 2.24) is 0 Å². The molecule has 3 N–H and O–H groups in total. The number of rotatable bonds is 18. The summed E-state index contributed by atoms with van der Waals surface area (Å²) in [6, 6.07) is 8.70. The fourth-order valence-electron chi connectivity index (χ4n) is 6.52. The second-order valence-electron chi connectivity index (χ2n) is 18.3. The summed E-state index contributed by atoms with van der Waals surface area (Å²) < 4.78 is 35.5. The van der Waals surface area contributed by atoms with Crippen molar-refractivity contribution >= 4 is 22.6 Å². The smallest absolute Gasteiger partial charge is 0.305 e. The first-order valence-corrected chi connectivity index (χ1v) is 24.9. The molecule has 0 bridgehead atoms. The molecule has 3 rings (SSSR count). The maximum Gasteiger partial charge on any atom is 0.305 e. The molecular weight excluding hydrogens is 680 g/mol. The zero-order valence-electron chi connectivity index (χ0n) is 33.3. The summed E-state index contributed by atoms with van der Waals surface area (Å²) >= 11 is 0. The Labute approximate surface area is 310 Å². The molecule has 0 aromatic heterocycles. The number of aliphatic hydroxyl groups is 3. The Kier molecular flexibility index (Phi) is 15.5. The number of aliphatic hydroxyl groups excluding tert-OH is 3. The van der Waals surface area contributed by atoms with Gasteiger partial charge in [-0.3, -0.25) is 4.79 Å². The summed E-state index contributed by atoms with van der Waals surface area (Å²) in [5.41, 5.74) is 2.40. The van der Waals surface area contributed by atoms with Gasteiger partial charge in [0.2, 0.25) is 0 Å². The molecule has 0 radical (unpaired) electrons. The first kappa shape index (κ1) is 43.7. The van der Waals surface area contributed by atoms with E-state index >= 15 is 4.39 Å². The van der Waals surface area contributed by atoms with E-state index in [1.165, 1.54) is 11.1 Å². The lowest BCUT2D eigenvalue weighted by molar-refractivity contribution is -0.151. The second-order valence-corrected chi connectivity index (χ2v) is 27.8. The van der Waals surface area contributed by atoms with E-state index in [1.807, 2.05) is 0 Å². The van der Waals surface area contributed by atoms with Gasteiger partial charge in [0, 0.05) is 18.8 Å². The molecular formula is C41H69FO7Si2. The van der Waals surface area contributed by atoms with Gasteiger partial charge >= 0.3 is 5.97 Å². The van der Waals surface area contributed by atoms with E-state index in [0.29, 0.717) is 38.0 Å². The normalized spacial score (nSPS) is 22.2. The van der Waals surface area contributed by atoms with Gasteiger partial charge in [-0.1, -0.05) is 84.0 Å². The third-order valence-corrected chi connectivity index (χ3v) is 21.2. The van der Waals surface area contributed by atoms with Crippen molar-refractivity contribution in [2.75, 3.05) is 26.4 Å². The molecule has 0 unspecified atom stereocenters. The summed E-state index contributed by atoms with van der Waals surface area (Å²) in [6.07, 6.45) is 10.1. The molecule has 1 saturated carbocycles. The number of allylic oxidation sites excluding steroid dienone is 2. The third-order valence-electron chi connectivity index (χ3n) is 12.2. The monoisotopic (exact) mass is 748 g/mol. The average molecular weight is 749 g/mol. The lowest BCUT2D eigenvalue weighted by Crippen LogP contribution is -2.46. The van der Waals surface area contributed by atoms with Crippen LogP contribution in [0.25, 0.3) is 0 Å². The summed E-state index contributed by atoms with van der Waals surface area (Å²) in [5, 5.41) is 28.5. The fourth-order valence-corrected chi connectivity index (χ4v) is 9.29. The summed E-state index contributed by atoms with van der Waals surface area (Å²) in [7, 11) is -4.26. The molecule has 1 aromatic rings. The molecule has 7 nitrogen and oxygen atoms in total. The summed E-state index contributed by atoms with van der Waals surface area (Å²) in [6.45, 7) is 20.9. The van der Waals surface area contributed by atoms with Crippen molar-refractivity contribution in [1.29, 1.82) is 0 Å². The maximum absolute atomic E-state index is 16.2. The number of carbonyl (C=O) groups is 1. The van der Waals surface area contributed by atoms with Crippen LogP contribution in [0.5, 0.6) is 0 Å². The maximum atomic E-state index is 16.2. The van der Waals surface area contributed by atoms with Crippen LogP contribution >= 0.6 is 0 Å². The number of alkyl halides is 1. The van der Waals surface area contributed by atoms with E-state index in [0.717, 1.165) is 18.4 Å². The van der Waals surface area contributed by atoms with Crippen molar-refractivity contribution in [3.63, 3.8) is 0 Å². The van der Waals surface area contributed by atoms with Gasteiger partial charge in [-0.15, -0.1) is 0 Å². The molecule has 51 heavy (non-hydrogen) atoms. The zero-order chi connectivity index (χ0) is 38.3. The van der Waals surface area contributed by atoms with Crippen LogP contribution in [0.15, 0.2) is 48.1 Å². The molecule has 0 saturated heterocycles. The lowest BCUT2D eigenvalue weighted by Gasteiger charge is -2.41. The van der Waals surface area contributed by atoms with Gasteiger partial charge in [-0.2, -0.15) is 0 Å². The van der Waals surface area contributed by atoms with Crippen LogP contribution in [0.2, 0.25) is 36.3 Å². The van der Waals surface area contributed by atoms with Crippen molar-refractivity contribution in [3.05, 3.63) is 59.2 Å². The molecule has 4 atom stereocenters. The number of unbranched alkanes of at least 4 members (excludes halogenated alkanes) is 1. The minimum atomic E-state index is -2.16.